The topological polar surface area (TPSA) is 61.9 Å². The van der Waals surface area contributed by atoms with E-state index in [1.807, 2.05) is 23.1 Å². The van der Waals surface area contributed by atoms with Gasteiger partial charge < -0.3 is 15.0 Å². The van der Waals surface area contributed by atoms with Gasteiger partial charge in [-0.1, -0.05) is 22.0 Å². The van der Waals surface area contributed by atoms with Gasteiger partial charge in [0.25, 0.3) is 5.91 Å². The van der Waals surface area contributed by atoms with E-state index in [9.17, 15) is 14.0 Å². The maximum Gasteiger partial charge on any atom is 0.260 e. The number of hydrogen-bond acceptors (Lipinski definition) is 4. The minimum Gasteiger partial charge on any atom is -0.484 e. The van der Waals surface area contributed by atoms with Crippen molar-refractivity contribution in [2.45, 2.75) is 0 Å². The van der Waals surface area contributed by atoms with Gasteiger partial charge in [-0.2, -0.15) is 0 Å². The number of hydrogen-bond donors (Lipinski definition) is 1. The number of amides is 2. The predicted octanol–water partition coefficient (Wildman–Crippen LogP) is 2.75. The molecule has 2 aromatic carbocycles. The zero-order chi connectivity index (χ0) is 19.9. The summed E-state index contributed by atoms with van der Waals surface area (Å²) in [4.78, 5) is 28.2. The molecule has 1 fully saturated rings. The van der Waals surface area contributed by atoms with Crippen molar-refractivity contribution in [3.05, 3.63) is 58.8 Å². The lowest BCUT2D eigenvalue weighted by atomic mass is 10.3. The summed E-state index contributed by atoms with van der Waals surface area (Å²) in [6.45, 7) is 2.53. The van der Waals surface area contributed by atoms with Crippen LogP contribution in [-0.2, 0) is 9.59 Å². The molecule has 1 heterocycles. The number of nitrogens with one attached hydrogen (secondary N) is 1. The van der Waals surface area contributed by atoms with E-state index in [0.29, 0.717) is 37.6 Å². The average Bonchev–Trinajstić information content (AvgIpc) is 2.68. The monoisotopic (exact) mass is 449 g/mol. The first-order chi connectivity index (χ1) is 13.5. The van der Waals surface area contributed by atoms with Crippen LogP contribution in [0.4, 0.5) is 10.1 Å². The molecule has 3 rings (SSSR count). The first-order valence-corrected chi connectivity index (χ1v) is 9.73. The maximum absolute atomic E-state index is 12.9. The van der Waals surface area contributed by atoms with Gasteiger partial charge in [-0.05, 0) is 42.5 Å². The zero-order valence-electron chi connectivity index (χ0n) is 15.2. The van der Waals surface area contributed by atoms with Gasteiger partial charge in [0.15, 0.2) is 6.61 Å². The van der Waals surface area contributed by atoms with Gasteiger partial charge in [0, 0.05) is 36.3 Å². The lowest BCUT2D eigenvalue weighted by Gasteiger charge is -2.34. The molecule has 1 N–H and O–H groups in total. The number of ether oxygens (including phenoxy) is 1. The third-order valence-corrected chi connectivity index (χ3v) is 4.87. The smallest absolute Gasteiger partial charge is 0.260 e. The first kappa shape index (κ1) is 20.3. The standard InChI is InChI=1S/C20H21BrFN3O3/c21-15-2-1-3-18(12-15)28-14-20(27)25-10-8-24(9-11-25)13-19(26)23-17-6-4-16(22)5-7-17/h1-7,12H,8-11,13-14H2,(H,23,26). The Morgan fingerprint density at radius 1 is 1.07 bits per heavy atom. The molecular formula is C20H21BrFN3O3. The number of benzene rings is 2. The molecule has 1 aliphatic rings. The maximum atomic E-state index is 12.9. The SMILES string of the molecule is O=C(CN1CCN(C(=O)COc2cccc(Br)c2)CC1)Nc1ccc(F)cc1. The Balaban J connectivity index is 1.39. The van der Waals surface area contributed by atoms with Gasteiger partial charge in [0.2, 0.25) is 5.91 Å². The highest BCUT2D eigenvalue weighted by atomic mass is 79.9. The molecular weight excluding hydrogens is 429 g/mol. The van der Waals surface area contributed by atoms with Crippen LogP contribution in [0.15, 0.2) is 53.0 Å². The Kier molecular flexibility index (Phi) is 7.00. The number of anilines is 1. The molecule has 0 bridgehead atoms. The molecule has 8 heteroatoms. The van der Waals surface area contributed by atoms with Gasteiger partial charge in [0.05, 0.1) is 6.54 Å². The molecule has 0 spiro atoms. The van der Waals surface area contributed by atoms with Gasteiger partial charge in [-0.25, -0.2) is 4.39 Å². The summed E-state index contributed by atoms with van der Waals surface area (Å²) in [7, 11) is 0. The van der Waals surface area contributed by atoms with Gasteiger partial charge >= 0.3 is 0 Å². The molecule has 28 heavy (non-hydrogen) atoms. The molecule has 6 nitrogen and oxygen atoms in total. The minimum absolute atomic E-state index is 0.0124. The summed E-state index contributed by atoms with van der Waals surface area (Å²) < 4.78 is 19.3. The summed E-state index contributed by atoms with van der Waals surface area (Å²) >= 11 is 3.37. The van der Waals surface area contributed by atoms with E-state index in [0.717, 1.165) is 4.47 Å². The Hall–Kier alpha value is -2.45. The largest absolute Gasteiger partial charge is 0.484 e. The van der Waals surface area contributed by atoms with E-state index >= 15 is 0 Å². The van der Waals surface area contributed by atoms with Crippen molar-refractivity contribution in [1.29, 1.82) is 0 Å². The van der Waals surface area contributed by atoms with Crippen LogP contribution < -0.4 is 10.1 Å². The van der Waals surface area contributed by atoms with Crippen LogP contribution in [0.2, 0.25) is 0 Å². The molecule has 0 unspecified atom stereocenters. The lowest BCUT2D eigenvalue weighted by Crippen LogP contribution is -2.51. The highest BCUT2D eigenvalue weighted by Crippen LogP contribution is 2.17. The number of rotatable bonds is 6. The molecule has 0 atom stereocenters. The second-order valence-electron chi connectivity index (χ2n) is 6.46. The Bertz CT molecular complexity index is 824. The lowest BCUT2D eigenvalue weighted by molar-refractivity contribution is -0.135. The van der Waals surface area contributed by atoms with E-state index in [4.69, 9.17) is 4.74 Å². The minimum atomic E-state index is -0.345. The first-order valence-electron chi connectivity index (χ1n) is 8.93. The second kappa shape index (κ2) is 9.66. The van der Waals surface area contributed by atoms with Crippen molar-refractivity contribution in [3.8, 4) is 5.75 Å². The van der Waals surface area contributed by atoms with Crippen LogP contribution in [-0.4, -0.2) is 60.9 Å². The molecule has 0 radical (unpaired) electrons. The van der Waals surface area contributed by atoms with E-state index in [2.05, 4.69) is 21.2 Å². The van der Waals surface area contributed by atoms with Crippen LogP contribution in [0.25, 0.3) is 0 Å². The summed E-state index contributed by atoms with van der Waals surface area (Å²) in [5.74, 6) is 0.0567. The van der Waals surface area contributed by atoms with Crippen molar-refractivity contribution in [2.75, 3.05) is 44.6 Å². The van der Waals surface area contributed by atoms with Crippen molar-refractivity contribution in [2.24, 2.45) is 0 Å². The molecule has 148 valence electrons. The van der Waals surface area contributed by atoms with Crippen LogP contribution in [0, 0.1) is 5.82 Å². The molecule has 2 aromatic rings. The van der Waals surface area contributed by atoms with E-state index in [1.54, 1.807) is 11.0 Å². The average molecular weight is 450 g/mol. The van der Waals surface area contributed by atoms with E-state index < -0.39 is 0 Å². The third-order valence-electron chi connectivity index (χ3n) is 4.38. The summed E-state index contributed by atoms with van der Waals surface area (Å²) in [5, 5.41) is 2.74. The highest BCUT2D eigenvalue weighted by molar-refractivity contribution is 9.10. The van der Waals surface area contributed by atoms with Crippen LogP contribution in [0.5, 0.6) is 5.75 Å². The number of carbonyl (C=O) groups excluding carboxylic acids is 2. The molecule has 2 amide bonds. The van der Waals surface area contributed by atoms with Crippen molar-refractivity contribution in [3.63, 3.8) is 0 Å². The molecule has 1 saturated heterocycles. The van der Waals surface area contributed by atoms with Gasteiger partial charge in [-0.15, -0.1) is 0 Å². The molecule has 0 aromatic heterocycles. The Labute approximate surface area is 171 Å². The summed E-state index contributed by atoms with van der Waals surface area (Å²) in [6.07, 6.45) is 0. The Morgan fingerprint density at radius 2 is 1.79 bits per heavy atom. The number of halogens is 2. The predicted molar refractivity (Wildman–Crippen MR) is 108 cm³/mol. The van der Waals surface area contributed by atoms with Crippen LogP contribution in [0.3, 0.4) is 0 Å². The van der Waals surface area contributed by atoms with Crippen LogP contribution in [0.1, 0.15) is 0 Å². The fourth-order valence-electron chi connectivity index (χ4n) is 2.89. The highest BCUT2D eigenvalue weighted by Gasteiger charge is 2.22. The second-order valence-corrected chi connectivity index (χ2v) is 7.37. The fraction of sp³-hybridized carbons (Fsp3) is 0.300. The summed E-state index contributed by atoms with van der Waals surface area (Å²) in [5.41, 5.74) is 0.560. The van der Waals surface area contributed by atoms with E-state index in [-0.39, 0.29) is 30.8 Å². The van der Waals surface area contributed by atoms with Gasteiger partial charge in [-0.3, -0.25) is 14.5 Å². The molecule has 0 aliphatic carbocycles. The van der Waals surface area contributed by atoms with Crippen molar-refractivity contribution in [1.82, 2.24) is 9.80 Å². The fourth-order valence-corrected chi connectivity index (χ4v) is 3.26. The number of nitrogens with zero attached hydrogens (tertiary/aromatic N) is 2. The van der Waals surface area contributed by atoms with Crippen LogP contribution >= 0.6 is 15.9 Å². The summed E-state index contributed by atoms with van der Waals surface area (Å²) in [6, 6.07) is 13.0. The third kappa shape index (κ3) is 6.03. The molecule has 1 aliphatic heterocycles. The quantitative estimate of drug-likeness (QED) is 0.736. The van der Waals surface area contributed by atoms with E-state index in [1.165, 1.54) is 24.3 Å². The molecule has 0 saturated carbocycles. The normalized spacial score (nSPS) is 14.6. The van der Waals surface area contributed by atoms with Gasteiger partial charge in [0.1, 0.15) is 11.6 Å². The number of piperazine rings is 1. The van der Waals surface area contributed by atoms with Crippen molar-refractivity contribution >= 4 is 33.4 Å². The number of carbonyl (C=O) groups is 2. The van der Waals surface area contributed by atoms with Crippen molar-refractivity contribution < 1.29 is 18.7 Å². The Morgan fingerprint density at radius 3 is 2.46 bits per heavy atom. The zero-order valence-corrected chi connectivity index (χ0v) is 16.8.